The van der Waals surface area contributed by atoms with Crippen molar-refractivity contribution in [2.75, 3.05) is 19.8 Å². The van der Waals surface area contributed by atoms with Crippen LogP contribution in [0.4, 0.5) is 4.79 Å². The van der Waals surface area contributed by atoms with E-state index in [0.717, 1.165) is 108 Å². The van der Waals surface area contributed by atoms with Gasteiger partial charge in [-0.05, 0) is 189 Å². The molecule has 10 aliphatic carbocycles. The molecular weight excluding hydrogens is 983 g/mol. The van der Waals surface area contributed by atoms with Crippen molar-refractivity contribution in [3.8, 4) is 0 Å². The number of nitrogens with one attached hydrogen (secondary N) is 1. The Kier molecular flexibility index (Phi) is 15.1. The van der Waals surface area contributed by atoms with Crippen molar-refractivity contribution in [1.29, 1.82) is 0 Å². The predicted octanol–water partition coefficient (Wildman–Crippen LogP) is 15.9. The molecule has 6 fully saturated rings. The van der Waals surface area contributed by atoms with Crippen LogP contribution < -0.4 is 5.32 Å². The zero-order chi connectivity index (χ0) is 60.8. The van der Waals surface area contributed by atoms with Crippen LogP contribution in [-0.4, -0.2) is 54.1 Å². The standard InChI is InChI=1S/C35H50N2O4.C32H45NO3.2CH4/c1-10-37-29(40)41-18-17-35-15-13-30(2,3)20-22(35)27-24(38)19-26-32(6)21-23(36-9)28(39)31(4,5)25(32)11-12-33(26,7)34(27,8)14-16-35;1-27(2)11-13-32(15-16-34)14-12-31(7)25(20(32)18-27)22(35)17-24-29(5)19-21(33-8)26(36)28(3,4)23(29)9-10-30(24,31)6;;/h19,21-22,25,27H,10-18,20H2,1-8H3,(H,37,40);17,19-20,23,25,34H,9-16,18H2,1-7H3;2*1H4/t22-,25-,27-,32-,33+,34+,35+;20-,23-,25-,29-,30+,31+,32+;;/m00../s1/i;;2*1T. The Labute approximate surface area is 480 Å². The van der Waals surface area contributed by atoms with Gasteiger partial charge >= 0.3 is 6.09 Å². The molecule has 10 nitrogen and oxygen atoms in total. The number of fused-ring (bicyclic) bond motifs is 14. The van der Waals surface area contributed by atoms with E-state index in [0.29, 0.717) is 19.1 Å². The molecule has 0 spiro atoms. The summed E-state index contributed by atoms with van der Waals surface area (Å²) in [6, 6.07) is 0. The van der Waals surface area contributed by atoms with Gasteiger partial charge < -0.3 is 24.7 Å². The normalized spacial score (nSPS) is 43.4. The summed E-state index contributed by atoms with van der Waals surface area (Å²) in [6.45, 7) is 49.8. The zero-order valence-corrected chi connectivity index (χ0v) is 52.0. The number of hydrogen-bond donors (Lipinski definition) is 2. The van der Waals surface area contributed by atoms with Crippen molar-refractivity contribution in [1.82, 2.24) is 5.32 Å². The second-order valence-electron chi connectivity index (χ2n) is 31.1. The van der Waals surface area contributed by atoms with Gasteiger partial charge in [0.25, 0.3) is 0 Å². The van der Waals surface area contributed by atoms with Gasteiger partial charge in [-0.25, -0.2) is 14.5 Å². The minimum Gasteiger partial charge on any atom is -0.450 e. The fourth-order valence-electron chi connectivity index (χ4n) is 21.1. The lowest BCUT2D eigenvalue weighted by atomic mass is 9.34. The number of Topliss-reactive ketones (excluding diaryl/α,β-unsaturated/α-hetero) is 2. The van der Waals surface area contributed by atoms with Crippen molar-refractivity contribution >= 4 is 29.2 Å². The van der Waals surface area contributed by atoms with Crippen molar-refractivity contribution in [3.63, 3.8) is 0 Å². The van der Waals surface area contributed by atoms with Crippen LogP contribution in [0.5, 0.6) is 0 Å². The Morgan fingerprint density at radius 1 is 0.620 bits per heavy atom. The molecule has 436 valence electrons. The van der Waals surface area contributed by atoms with E-state index < -0.39 is 21.7 Å². The number of aliphatic hydroxyl groups is 1. The number of allylic oxidation sites excluding steroid dienone is 8. The average Bonchev–Trinajstić information content (AvgIpc) is 3.54. The van der Waals surface area contributed by atoms with E-state index >= 15 is 0 Å². The highest BCUT2D eigenvalue weighted by molar-refractivity contribution is 6.04. The number of rotatable bonds is 6. The van der Waals surface area contributed by atoms with Crippen LogP contribution in [0.2, 0.25) is 0 Å². The SMILES string of the molecule is [3H]C.[3H]C.[C-]#[N+]C1=C[C@]2(C)C3=CC(=O)[C@@H]4[C@@H]5CC(C)(C)CC[C@]5(CCO)CC[C@@]4(C)[C@]3(C)CC[C@H]2C(C)(C)C1=O.[C-]#[N+]C1=C[C@]2(C)C3=CC(=O)[C@@H]4[C@@H]5CC(C)(C)CC[C@]5(CCOC(=O)NCC)CC[C@@]4(C)[C@]3(C)CC[C@H]2C(C)(C)C1=O. The van der Waals surface area contributed by atoms with Gasteiger partial charge in [0.1, 0.15) is 0 Å². The fraction of sp³-hybridized carbons (Fsp3) is 0.783. The van der Waals surface area contributed by atoms with E-state index in [1.54, 1.807) is 0 Å². The van der Waals surface area contributed by atoms with E-state index in [1.807, 2.05) is 58.9 Å². The maximum atomic E-state index is 14.6. The maximum Gasteiger partial charge on any atom is 0.407 e. The molecule has 1 amide bonds. The molecule has 0 aromatic rings. The van der Waals surface area contributed by atoms with Gasteiger partial charge in [0.05, 0.1) is 19.8 Å². The molecule has 10 rings (SSSR count). The number of alkyl carbamates (subject to hydrolysis) is 1. The number of nitrogens with zero attached hydrogens (tertiary/aromatic N) is 2. The van der Waals surface area contributed by atoms with Gasteiger partial charge in [-0.2, -0.15) is 0 Å². The van der Waals surface area contributed by atoms with Crippen LogP contribution in [0.15, 0.2) is 46.8 Å². The molecule has 0 aliphatic heterocycles. The third kappa shape index (κ3) is 8.82. The number of ketones is 4. The first kappa shape index (κ1) is 59.5. The van der Waals surface area contributed by atoms with Gasteiger partial charge in [-0.3, -0.25) is 9.59 Å². The van der Waals surface area contributed by atoms with E-state index in [4.69, 9.17) is 20.6 Å². The molecule has 0 saturated heterocycles. The predicted molar refractivity (Wildman–Crippen MR) is 315 cm³/mol. The lowest BCUT2D eigenvalue weighted by molar-refractivity contribution is -0.174. The molecule has 0 radical (unpaired) electrons. The number of ether oxygens (including phenoxy) is 1. The monoisotopic (exact) mass is 1090 g/mol. The number of carbonyl (C=O) groups excluding carboxylic acids is 5. The molecule has 0 bridgehead atoms. The summed E-state index contributed by atoms with van der Waals surface area (Å²) in [7, 11) is 2.50. The third-order valence-corrected chi connectivity index (χ3v) is 25.8. The Balaban J connectivity index is 0.000000222. The second kappa shape index (κ2) is 20.0. The minimum atomic E-state index is -0.647. The zero-order valence-electron chi connectivity index (χ0n) is 54.0. The highest BCUT2D eigenvalue weighted by atomic mass is 16.5. The van der Waals surface area contributed by atoms with Crippen LogP contribution >= 0.6 is 0 Å². The lowest BCUT2D eigenvalue weighted by Gasteiger charge is -2.69. The van der Waals surface area contributed by atoms with Gasteiger partial charge in [0.2, 0.25) is 11.4 Å². The summed E-state index contributed by atoms with van der Waals surface area (Å²) in [4.78, 5) is 74.8. The van der Waals surface area contributed by atoms with Gasteiger partial charge in [0, 0.05) is 49.4 Å². The molecule has 6 saturated carbocycles. The van der Waals surface area contributed by atoms with Crippen LogP contribution in [0, 0.1) is 114 Å². The second-order valence-corrected chi connectivity index (χ2v) is 31.1. The molecule has 0 aromatic heterocycles. The maximum absolute atomic E-state index is 14.6. The largest absolute Gasteiger partial charge is 0.450 e. The van der Waals surface area contributed by atoms with Crippen molar-refractivity contribution in [3.05, 3.63) is 69.7 Å². The molecule has 0 aromatic carbocycles. The minimum absolute atomic E-state index is 0.0128. The molecule has 0 heterocycles. The Hall–Kier alpha value is -4.15. The Bertz CT molecular complexity index is 2770. The number of amides is 1. The highest BCUT2D eigenvalue weighted by Gasteiger charge is 2.72. The van der Waals surface area contributed by atoms with Crippen molar-refractivity contribution < 1.29 is 36.6 Å². The van der Waals surface area contributed by atoms with Crippen LogP contribution in [0.1, 0.15) is 224 Å². The Morgan fingerprint density at radius 2 is 1.00 bits per heavy atom. The molecule has 79 heavy (non-hydrogen) atoms. The summed E-state index contributed by atoms with van der Waals surface area (Å²) in [5.41, 5.74) is 0.180. The summed E-state index contributed by atoms with van der Waals surface area (Å²) in [6.07, 6.45) is 23.3. The summed E-state index contributed by atoms with van der Waals surface area (Å²) >= 11 is 0. The molecule has 10 aliphatic rings. The lowest BCUT2D eigenvalue weighted by Crippen LogP contribution is -2.64. The third-order valence-electron chi connectivity index (χ3n) is 25.8. The van der Waals surface area contributed by atoms with Crippen LogP contribution in [0.25, 0.3) is 9.69 Å². The number of aliphatic hydroxyl groups excluding tert-OH is 1. The molecule has 14 atom stereocenters. The number of carbonyl (C=O) groups is 5. The summed E-state index contributed by atoms with van der Waals surface area (Å²) < 4.78 is 17.1. The molecule has 10 heteroatoms. The first-order valence-corrected chi connectivity index (χ1v) is 30.0. The Morgan fingerprint density at radius 3 is 1.37 bits per heavy atom. The van der Waals surface area contributed by atoms with Crippen molar-refractivity contribution in [2.45, 2.75) is 221 Å². The van der Waals surface area contributed by atoms with E-state index in [1.165, 1.54) is 20.4 Å². The van der Waals surface area contributed by atoms with Gasteiger partial charge in [-0.15, -0.1) is 0 Å². The van der Waals surface area contributed by atoms with E-state index in [9.17, 15) is 29.1 Å². The molecule has 2 N–H and O–H groups in total. The van der Waals surface area contributed by atoms with E-state index in [-0.39, 0.29) is 120 Å². The van der Waals surface area contributed by atoms with Crippen molar-refractivity contribution in [2.24, 2.45) is 100 Å². The summed E-state index contributed by atoms with van der Waals surface area (Å²) in [5.74, 6) is 0.912. The number of hydrogen-bond acceptors (Lipinski definition) is 7. The van der Waals surface area contributed by atoms with Gasteiger partial charge in [-0.1, -0.05) is 135 Å². The van der Waals surface area contributed by atoms with Crippen LogP contribution in [0.3, 0.4) is 0 Å². The molecular formula is C69H103N3O7. The van der Waals surface area contributed by atoms with E-state index in [2.05, 4.69) is 84.2 Å². The highest BCUT2D eigenvalue weighted by Crippen LogP contribution is 2.77. The quantitative estimate of drug-likeness (QED) is 0.253. The smallest absolute Gasteiger partial charge is 0.407 e. The first-order valence-electron chi connectivity index (χ1n) is 32.0. The fourth-order valence-corrected chi connectivity index (χ4v) is 21.1. The van der Waals surface area contributed by atoms with Crippen LogP contribution in [-0.2, 0) is 23.9 Å². The average molecular weight is 1090 g/mol. The molecule has 0 unspecified atom stereocenters. The topological polar surface area (TPSA) is 136 Å². The summed E-state index contributed by atoms with van der Waals surface area (Å²) in [5, 5.41) is 12.8. The van der Waals surface area contributed by atoms with Gasteiger partial charge in [0.15, 0.2) is 23.1 Å². The first-order chi connectivity index (χ1) is 37.6.